The fraction of sp³-hybridized carbons (Fsp3) is 0.667. The highest BCUT2D eigenvalue weighted by molar-refractivity contribution is 5.51. The standard InChI is InChI=1S/C18H26F3NO2/c1-12(2)16-15(23-3)6-5-13(17(16)24-4)11-22-9-7-14(8-10-22)18(19,20)21/h5-6,12,14H,7-11H2,1-4H3. The summed E-state index contributed by atoms with van der Waals surface area (Å²) in [4.78, 5) is 2.07. The van der Waals surface area contributed by atoms with Gasteiger partial charge in [-0.25, -0.2) is 0 Å². The molecular formula is C18H26F3NO2. The molecule has 1 aliphatic rings. The first-order chi connectivity index (χ1) is 11.3. The lowest BCUT2D eigenvalue weighted by Gasteiger charge is -2.33. The number of methoxy groups -OCH3 is 2. The predicted molar refractivity (Wildman–Crippen MR) is 87.7 cm³/mol. The third kappa shape index (κ3) is 4.15. The molecule has 1 aromatic rings. The fourth-order valence-electron chi connectivity index (χ4n) is 3.38. The van der Waals surface area contributed by atoms with Crippen LogP contribution in [0.15, 0.2) is 12.1 Å². The SMILES string of the molecule is COc1ccc(CN2CCC(C(F)(F)F)CC2)c(OC)c1C(C)C. The molecule has 2 rings (SSSR count). The van der Waals surface area contributed by atoms with E-state index >= 15 is 0 Å². The maximum Gasteiger partial charge on any atom is 0.391 e. The molecule has 0 amide bonds. The van der Waals surface area contributed by atoms with E-state index in [1.165, 1.54) is 0 Å². The van der Waals surface area contributed by atoms with Crippen molar-refractivity contribution >= 4 is 0 Å². The predicted octanol–water partition coefficient (Wildman–Crippen LogP) is 4.60. The summed E-state index contributed by atoms with van der Waals surface area (Å²) in [6.07, 6.45) is -3.74. The van der Waals surface area contributed by atoms with Crippen molar-refractivity contribution in [2.24, 2.45) is 5.92 Å². The number of likely N-dealkylation sites (tertiary alicyclic amines) is 1. The highest BCUT2D eigenvalue weighted by atomic mass is 19.4. The van der Waals surface area contributed by atoms with E-state index < -0.39 is 12.1 Å². The zero-order valence-electron chi connectivity index (χ0n) is 14.7. The molecule has 3 nitrogen and oxygen atoms in total. The van der Waals surface area contributed by atoms with E-state index in [9.17, 15) is 13.2 Å². The summed E-state index contributed by atoms with van der Waals surface area (Å²) in [5.74, 6) is 0.618. The molecule has 0 aliphatic carbocycles. The molecule has 0 atom stereocenters. The highest BCUT2D eigenvalue weighted by Gasteiger charge is 2.41. The number of hydrogen-bond acceptors (Lipinski definition) is 3. The van der Waals surface area contributed by atoms with Gasteiger partial charge in [0.05, 0.1) is 20.1 Å². The van der Waals surface area contributed by atoms with Crippen LogP contribution in [-0.2, 0) is 6.54 Å². The van der Waals surface area contributed by atoms with Gasteiger partial charge in [-0.2, -0.15) is 13.2 Å². The molecule has 1 saturated heterocycles. The van der Waals surface area contributed by atoms with Crippen LogP contribution in [0.1, 0.15) is 43.7 Å². The van der Waals surface area contributed by atoms with Crippen LogP contribution in [0.3, 0.4) is 0 Å². The van der Waals surface area contributed by atoms with Gasteiger partial charge in [0.25, 0.3) is 0 Å². The number of piperidine rings is 1. The second-order valence-corrected chi connectivity index (χ2v) is 6.62. The molecule has 0 spiro atoms. The molecule has 0 radical (unpaired) electrons. The lowest BCUT2D eigenvalue weighted by molar-refractivity contribution is -0.185. The Morgan fingerprint density at radius 2 is 1.75 bits per heavy atom. The third-order valence-electron chi connectivity index (χ3n) is 4.68. The van der Waals surface area contributed by atoms with E-state index in [1.54, 1.807) is 14.2 Å². The molecule has 136 valence electrons. The van der Waals surface area contributed by atoms with Gasteiger partial charge in [-0.05, 0) is 37.9 Å². The average molecular weight is 345 g/mol. The van der Waals surface area contributed by atoms with E-state index in [0.29, 0.717) is 19.6 Å². The van der Waals surface area contributed by atoms with Crippen molar-refractivity contribution in [2.45, 2.75) is 45.3 Å². The summed E-state index contributed by atoms with van der Waals surface area (Å²) in [6.45, 7) is 5.64. The molecule has 1 aromatic carbocycles. The topological polar surface area (TPSA) is 21.7 Å². The molecule has 6 heteroatoms. The summed E-state index contributed by atoms with van der Waals surface area (Å²) in [5, 5.41) is 0. The van der Waals surface area contributed by atoms with Gasteiger partial charge in [-0.3, -0.25) is 4.90 Å². The van der Waals surface area contributed by atoms with Crippen LogP contribution in [0.4, 0.5) is 13.2 Å². The molecule has 24 heavy (non-hydrogen) atoms. The number of ether oxygens (including phenoxy) is 2. The zero-order valence-corrected chi connectivity index (χ0v) is 14.7. The number of nitrogens with zero attached hydrogens (tertiary/aromatic N) is 1. The van der Waals surface area contributed by atoms with Gasteiger partial charge in [0.2, 0.25) is 0 Å². The molecule has 0 N–H and O–H groups in total. The smallest absolute Gasteiger partial charge is 0.391 e. The summed E-state index contributed by atoms with van der Waals surface area (Å²) in [7, 11) is 3.25. The first-order valence-electron chi connectivity index (χ1n) is 8.30. The monoisotopic (exact) mass is 345 g/mol. The molecular weight excluding hydrogens is 319 g/mol. The second-order valence-electron chi connectivity index (χ2n) is 6.62. The lowest BCUT2D eigenvalue weighted by Crippen LogP contribution is -2.38. The Labute approximate surface area is 141 Å². The summed E-state index contributed by atoms with van der Waals surface area (Å²) in [6, 6.07) is 3.86. The number of rotatable bonds is 5. The number of hydrogen-bond donors (Lipinski definition) is 0. The van der Waals surface area contributed by atoms with Gasteiger partial charge in [-0.15, -0.1) is 0 Å². The Morgan fingerprint density at radius 1 is 1.12 bits per heavy atom. The minimum atomic E-state index is -4.07. The van der Waals surface area contributed by atoms with Gasteiger partial charge in [-0.1, -0.05) is 19.9 Å². The van der Waals surface area contributed by atoms with Gasteiger partial charge >= 0.3 is 6.18 Å². The van der Waals surface area contributed by atoms with Crippen molar-refractivity contribution in [1.82, 2.24) is 4.90 Å². The Kier molecular flexibility index (Phi) is 6.01. The molecule has 0 bridgehead atoms. The van der Waals surface area contributed by atoms with Crippen molar-refractivity contribution in [2.75, 3.05) is 27.3 Å². The van der Waals surface area contributed by atoms with Crippen molar-refractivity contribution in [3.05, 3.63) is 23.3 Å². The largest absolute Gasteiger partial charge is 0.496 e. The minimum Gasteiger partial charge on any atom is -0.496 e. The maximum absolute atomic E-state index is 12.8. The third-order valence-corrected chi connectivity index (χ3v) is 4.68. The Hall–Kier alpha value is -1.43. The molecule has 1 fully saturated rings. The van der Waals surface area contributed by atoms with Crippen molar-refractivity contribution in [3.63, 3.8) is 0 Å². The van der Waals surface area contributed by atoms with Crippen LogP contribution in [0.25, 0.3) is 0 Å². The Bertz CT molecular complexity index is 550. The molecule has 1 heterocycles. The van der Waals surface area contributed by atoms with Crippen molar-refractivity contribution in [1.29, 1.82) is 0 Å². The van der Waals surface area contributed by atoms with Crippen LogP contribution >= 0.6 is 0 Å². The van der Waals surface area contributed by atoms with Crippen LogP contribution in [0, 0.1) is 5.92 Å². The molecule has 0 saturated carbocycles. The molecule has 0 aromatic heterocycles. The van der Waals surface area contributed by atoms with Crippen LogP contribution in [0.2, 0.25) is 0 Å². The zero-order chi connectivity index (χ0) is 17.9. The quantitative estimate of drug-likeness (QED) is 0.778. The number of benzene rings is 1. The summed E-state index contributed by atoms with van der Waals surface area (Å²) in [5.41, 5.74) is 2.00. The van der Waals surface area contributed by atoms with Crippen LogP contribution in [-0.4, -0.2) is 38.4 Å². The summed E-state index contributed by atoms with van der Waals surface area (Å²) < 4.78 is 49.4. The van der Waals surface area contributed by atoms with Gasteiger partial charge in [0.15, 0.2) is 0 Å². The number of halogens is 3. The molecule has 0 unspecified atom stereocenters. The van der Waals surface area contributed by atoms with E-state index in [-0.39, 0.29) is 18.8 Å². The lowest BCUT2D eigenvalue weighted by atomic mass is 9.94. The maximum atomic E-state index is 12.8. The highest BCUT2D eigenvalue weighted by Crippen LogP contribution is 2.39. The normalized spacial score (nSPS) is 17.3. The Morgan fingerprint density at radius 3 is 2.21 bits per heavy atom. The number of alkyl halides is 3. The van der Waals surface area contributed by atoms with E-state index in [2.05, 4.69) is 18.7 Å². The van der Waals surface area contributed by atoms with Gasteiger partial charge in [0, 0.05) is 17.7 Å². The minimum absolute atomic E-state index is 0.166. The molecule has 1 aliphatic heterocycles. The first-order valence-corrected chi connectivity index (χ1v) is 8.30. The fourth-order valence-corrected chi connectivity index (χ4v) is 3.38. The van der Waals surface area contributed by atoms with Crippen molar-refractivity contribution in [3.8, 4) is 11.5 Å². The van der Waals surface area contributed by atoms with Gasteiger partial charge in [0.1, 0.15) is 11.5 Å². The average Bonchev–Trinajstić information content (AvgIpc) is 2.53. The van der Waals surface area contributed by atoms with Crippen molar-refractivity contribution < 1.29 is 22.6 Å². The van der Waals surface area contributed by atoms with Crippen LogP contribution < -0.4 is 9.47 Å². The van der Waals surface area contributed by atoms with E-state index in [1.807, 2.05) is 12.1 Å². The second kappa shape index (κ2) is 7.64. The first kappa shape index (κ1) is 18.9. The summed E-state index contributed by atoms with van der Waals surface area (Å²) >= 11 is 0. The van der Waals surface area contributed by atoms with E-state index in [4.69, 9.17) is 9.47 Å². The van der Waals surface area contributed by atoms with Crippen LogP contribution in [0.5, 0.6) is 11.5 Å². The van der Waals surface area contributed by atoms with Gasteiger partial charge < -0.3 is 9.47 Å². The Balaban J connectivity index is 2.15. The van der Waals surface area contributed by atoms with E-state index in [0.717, 1.165) is 22.6 Å².